The molecule has 7 heteroatoms. The van der Waals surface area contributed by atoms with Gasteiger partial charge in [-0.2, -0.15) is 5.10 Å². The smallest absolute Gasteiger partial charge is 0.291 e. The number of benzene rings is 1. The third kappa shape index (κ3) is 3.80. The molecule has 7 nitrogen and oxygen atoms in total. The lowest BCUT2D eigenvalue weighted by Gasteiger charge is -2.19. The number of rotatable bonds is 8. The van der Waals surface area contributed by atoms with Crippen molar-refractivity contribution < 1.29 is 9.53 Å². The fourth-order valence-corrected chi connectivity index (χ4v) is 3.52. The first kappa shape index (κ1) is 20.1. The largest absolute Gasteiger partial charge is 0.379 e. The fourth-order valence-electron chi connectivity index (χ4n) is 3.52. The van der Waals surface area contributed by atoms with E-state index in [0.29, 0.717) is 25.1 Å². The van der Waals surface area contributed by atoms with Gasteiger partial charge in [-0.05, 0) is 32.8 Å². The SMILES string of the molecule is CC[C@@H](C(=O)NCCCOC(C)C)n1c2ccccc2c2cnn(C)c(=O)c21. The summed E-state index contributed by atoms with van der Waals surface area (Å²) >= 11 is 0. The predicted octanol–water partition coefficient (Wildman–Crippen LogP) is 2.77. The summed E-state index contributed by atoms with van der Waals surface area (Å²) in [4.78, 5) is 25.8. The number of hydrogen-bond acceptors (Lipinski definition) is 4. The van der Waals surface area contributed by atoms with Gasteiger partial charge in [0.05, 0.1) is 17.8 Å². The van der Waals surface area contributed by atoms with E-state index in [0.717, 1.165) is 22.7 Å². The summed E-state index contributed by atoms with van der Waals surface area (Å²) in [7, 11) is 1.62. The van der Waals surface area contributed by atoms with Gasteiger partial charge in [-0.1, -0.05) is 25.1 Å². The van der Waals surface area contributed by atoms with Gasteiger partial charge in [0.2, 0.25) is 5.91 Å². The van der Waals surface area contributed by atoms with E-state index in [2.05, 4.69) is 10.4 Å². The first-order valence-corrected chi connectivity index (χ1v) is 9.80. The Kier molecular flexibility index (Phi) is 6.14. The Morgan fingerprint density at radius 2 is 2.00 bits per heavy atom. The third-order valence-corrected chi connectivity index (χ3v) is 4.88. The minimum atomic E-state index is -0.469. The van der Waals surface area contributed by atoms with Crippen molar-refractivity contribution in [3.8, 4) is 0 Å². The van der Waals surface area contributed by atoms with Gasteiger partial charge in [0.15, 0.2) is 0 Å². The molecule has 0 unspecified atom stereocenters. The number of hydrogen-bond donors (Lipinski definition) is 1. The number of aryl methyl sites for hydroxylation is 1. The van der Waals surface area contributed by atoms with E-state index < -0.39 is 6.04 Å². The Bertz CT molecular complexity index is 1040. The van der Waals surface area contributed by atoms with E-state index in [1.807, 2.05) is 49.6 Å². The van der Waals surface area contributed by atoms with Crippen molar-refractivity contribution in [2.45, 2.75) is 45.8 Å². The molecule has 1 amide bonds. The highest BCUT2D eigenvalue weighted by molar-refractivity contribution is 6.08. The average Bonchev–Trinajstić information content (AvgIpc) is 3.00. The molecule has 28 heavy (non-hydrogen) atoms. The monoisotopic (exact) mass is 384 g/mol. The standard InChI is InChI=1S/C21H28N4O3/c1-5-17(20(26)22-11-8-12-28-14(2)3)25-18-10-7-6-9-15(18)16-13-23-24(4)21(27)19(16)25/h6-7,9-10,13-14,17H,5,8,11-12H2,1-4H3,(H,22,26)/t17-/m0/s1. The van der Waals surface area contributed by atoms with Crippen LogP contribution in [0.3, 0.4) is 0 Å². The molecule has 0 spiro atoms. The van der Waals surface area contributed by atoms with Crippen molar-refractivity contribution in [1.82, 2.24) is 19.7 Å². The highest BCUT2D eigenvalue weighted by atomic mass is 16.5. The van der Waals surface area contributed by atoms with Crippen LogP contribution in [0.1, 0.15) is 39.7 Å². The van der Waals surface area contributed by atoms with E-state index in [4.69, 9.17) is 4.74 Å². The lowest BCUT2D eigenvalue weighted by atomic mass is 10.2. The molecule has 3 aromatic rings. The number of nitrogens with zero attached hydrogens (tertiary/aromatic N) is 3. The number of aromatic nitrogens is 3. The number of carbonyl (C=O) groups excluding carboxylic acids is 1. The van der Waals surface area contributed by atoms with Crippen molar-refractivity contribution in [3.05, 3.63) is 40.8 Å². The molecule has 0 saturated carbocycles. The molecular formula is C21H28N4O3. The molecule has 3 rings (SSSR count). The van der Waals surface area contributed by atoms with Gasteiger partial charge in [0.1, 0.15) is 11.6 Å². The zero-order chi connectivity index (χ0) is 20.3. The quantitative estimate of drug-likeness (QED) is 0.606. The Labute approximate surface area is 164 Å². The number of para-hydroxylation sites is 1. The maximum atomic E-state index is 13.0. The van der Waals surface area contributed by atoms with Crippen LogP contribution in [0.4, 0.5) is 0 Å². The summed E-state index contributed by atoms with van der Waals surface area (Å²) < 4.78 is 8.70. The highest BCUT2D eigenvalue weighted by Crippen LogP contribution is 2.30. The van der Waals surface area contributed by atoms with Crippen molar-refractivity contribution in [3.63, 3.8) is 0 Å². The number of amides is 1. The second kappa shape index (κ2) is 8.56. The Morgan fingerprint density at radius 1 is 1.25 bits per heavy atom. The maximum Gasteiger partial charge on any atom is 0.291 e. The molecule has 1 aromatic carbocycles. The van der Waals surface area contributed by atoms with Gasteiger partial charge in [-0.15, -0.1) is 0 Å². The van der Waals surface area contributed by atoms with Gasteiger partial charge in [0, 0.05) is 31.0 Å². The van der Waals surface area contributed by atoms with E-state index in [-0.39, 0.29) is 17.6 Å². The second-order valence-electron chi connectivity index (χ2n) is 7.21. The van der Waals surface area contributed by atoms with Crippen LogP contribution in [0, 0.1) is 0 Å². The molecule has 0 fully saturated rings. The van der Waals surface area contributed by atoms with Gasteiger partial charge in [-0.3, -0.25) is 9.59 Å². The zero-order valence-electron chi connectivity index (χ0n) is 16.9. The highest BCUT2D eigenvalue weighted by Gasteiger charge is 2.25. The molecule has 150 valence electrons. The first-order valence-electron chi connectivity index (χ1n) is 9.80. The Balaban J connectivity index is 1.96. The summed E-state index contributed by atoms with van der Waals surface area (Å²) in [5, 5.41) is 8.86. The van der Waals surface area contributed by atoms with Crippen LogP contribution in [-0.2, 0) is 16.6 Å². The van der Waals surface area contributed by atoms with E-state index >= 15 is 0 Å². The molecule has 0 radical (unpaired) electrons. The second-order valence-corrected chi connectivity index (χ2v) is 7.21. The van der Waals surface area contributed by atoms with Crippen LogP contribution in [-0.4, -0.2) is 39.5 Å². The van der Waals surface area contributed by atoms with Crippen LogP contribution in [0.2, 0.25) is 0 Å². The molecule has 0 aliphatic carbocycles. The Hall–Kier alpha value is -2.67. The molecule has 0 aliphatic rings. The van der Waals surface area contributed by atoms with Crippen molar-refractivity contribution >= 4 is 27.7 Å². The van der Waals surface area contributed by atoms with E-state index in [1.165, 1.54) is 4.68 Å². The van der Waals surface area contributed by atoms with Crippen LogP contribution in [0.25, 0.3) is 21.8 Å². The number of carbonyl (C=O) groups is 1. The van der Waals surface area contributed by atoms with Gasteiger partial charge in [-0.25, -0.2) is 4.68 Å². The molecule has 1 N–H and O–H groups in total. The third-order valence-electron chi connectivity index (χ3n) is 4.88. The van der Waals surface area contributed by atoms with Crippen LogP contribution in [0.5, 0.6) is 0 Å². The van der Waals surface area contributed by atoms with Crippen LogP contribution >= 0.6 is 0 Å². The summed E-state index contributed by atoms with van der Waals surface area (Å²) in [6.07, 6.45) is 3.21. The molecule has 2 heterocycles. The number of nitrogens with one attached hydrogen (secondary N) is 1. The summed E-state index contributed by atoms with van der Waals surface area (Å²) in [5.41, 5.74) is 1.18. The van der Waals surface area contributed by atoms with Crippen LogP contribution in [0.15, 0.2) is 35.3 Å². The summed E-state index contributed by atoms with van der Waals surface area (Å²) in [6.45, 7) is 7.08. The summed E-state index contributed by atoms with van der Waals surface area (Å²) in [5.74, 6) is -0.0893. The van der Waals surface area contributed by atoms with Gasteiger partial charge < -0.3 is 14.6 Å². The minimum Gasteiger partial charge on any atom is -0.379 e. The molecule has 2 aromatic heterocycles. The number of fused-ring (bicyclic) bond motifs is 3. The maximum absolute atomic E-state index is 13.0. The molecular weight excluding hydrogens is 356 g/mol. The molecule has 0 aliphatic heterocycles. The fraction of sp³-hybridized carbons (Fsp3) is 0.476. The number of ether oxygens (including phenoxy) is 1. The molecule has 0 saturated heterocycles. The van der Waals surface area contributed by atoms with Crippen molar-refractivity contribution in [2.24, 2.45) is 7.05 Å². The Morgan fingerprint density at radius 3 is 2.71 bits per heavy atom. The first-order chi connectivity index (χ1) is 13.5. The predicted molar refractivity (Wildman–Crippen MR) is 111 cm³/mol. The van der Waals surface area contributed by atoms with E-state index in [1.54, 1.807) is 13.2 Å². The average molecular weight is 384 g/mol. The zero-order valence-corrected chi connectivity index (χ0v) is 16.9. The van der Waals surface area contributed by atoms with E-state index in [9.17, 15) is 9.59 Å². The van der Waals surface area contributed by atoms with Crippen molar-refractivity contribution in [1.29, 1.82) is 0 Å². The van der Waals surface area contributed by atoms with Gasteiger partial charge >= 0.3 is 0 Å². The van der Waals surface area contributed by atoms with Crippen molar-refractivity contribution in [2.75, 3.05) is 13.2 Å². The summed E-state index contributed by atoms with van der Waals surface area (Å²) in [6, 6.07) is 7.29. The normalized spacial score (nSPS) is 12.8. The van der Waals surface area contributed by atoms with Gasteiger partial charge in [0.25, 0.3) is 5.56 Å². The molecule has 0 bridgehead atoms. The molecule has 1 atom stereocenters. The van der Waals surface area contributed by atoms with Crippen LogP contribution < -0.4 is 10.9 Å². The lowest BCUT2D eigenvalue weighted by Crippen LogP contribution is -2.34. The lowest BCUT2D eigenvalue weighted by molar-refractivity contribution is -0.124. The topological polar surface area (TPSA) is 78.2 Å². The minimum absolute atomic E-state index is 0.0893.